The van der Waals surface area contributed by atoms with Gasteiger partial charge in [-0.15, -0.1) is 0 Å². The number of aliphatic hydroxyl groups excluding tert-OH is 1. The van der Waals surface area contributed by atoms with Crippen molar-refractivity contribution in [2.45, 2.75) is 51.5 Å². The molecule has 1 unspecified atom stereocenters. The summed E-state index contributed by atoms with van der Waals surface area (Å²) in [5, 5.41) is 14.5. The van der Waals surface area contributed by atoms with E-state index in [0.29, 0.717) is 18.0 Å². The molecule has 1 fully saturated rings. The Morgan fingerprint density at radius 2 is 2.00 bits per heavy atom. The molecule has 0 amide bonds. The Morgan fingerprint density at radius 1 is 1.22 bits per heavy atom. The fraction of sp³-hybridized carbons (Fsp3) is 0.400. The van der Waals surface area contributed by atoms with Crippen LogP contribution in [0.4, 0.5) is 0 Å². The second kappa shape index (κ2) is 9.63. The summed E-state index contributed by atoms with van der Waals surface area (Å²) in [6.07, 6.45) is 6.13. The summed E-state index contributed by atoms with van der Waals surface area (Å²) in [4.78, 5) is 18.2. The van der Waals surface area contributed by atoms with Gasteiger partial charge in [-0.2, -0.15) is 5.10 Å². The van der Waals surface area contributed by atoms with Gasteiger partial charge >= 0.3 is 0 Å². The van der Waals surface area contributed by atoms with E-state index < -0.39 is 6.10 Å². The van der Waals surface area contributed by atoms with Crippen LogP contribution in [0, 0.1) is 6.92 Å². The average Bonchev–Trinajstić information content (AvgIpc) is 3.32. The van der Waals surface area contributed by atoms with E-state index in [-0.39, 0.29) is 6.10 Å². The lowest BCUT2D eigenvalue weighted by Crippen LogP contribution is -2.27. The minimum atomic E-state index is -0.499. The molecule has 1 N–H and O–H groups in total. The van der Waals surface area contributed by atoms with Crippen molar-refractivity contribution < 1.29 is 14.6 Å². The minimum Gasteiger partial charge on any atom is -0.471 e. The van der Waals surface area contributed by atoms with Crippen molar-refractivity contribution >= 4 is 6.29 Å². The molecule has 168 valence electrons. The Bertz CT molecular complexity index is 1080. The largest absolute Gasteiger partial charge is 0.471 e. The van der Waals surface area contributed by atoms with E-state index in [1.165, 1.54) is 5.56 Å². The maximum atomic E-state index is 11.8. The fourth-order valence-electron chi connectivity index (χ4n) is 4.37. The number of nitrogens with zero attached hydrogens (tertiary/aromatic N) is 4. The second-order valence-corrected chi connectivity index (χ2v) is 8.63. The number of aliphatic hydroxyl groups is 1. The van der Waals surface area contributed by atoms with E-state index in [9.17, 15) is 9.90 Å². The summed E-state index contributed by atoms with van der Waals surface area (Å²) >= 11 is 0. The van der Waals surface area contributed by atoms with Crippen LogP contribution in [-0.4, -0.2) is 50.3 Å². The molecule has 2 atom stereocenters. The Kier molecular flexibility index (Phi) is 6.67. The van der Waals surface area contributed by atoms with Crippen LogP contribution in [0.2, 0.25) is 0 Å². The van der Waals surface area contributed by atoms with Gasteiger partial charge in [-0.25, -0.2) is 4.98 Å². The van der Waals surface area contributed by atoms with Gasteiger partial charge in [-0.3, -0.25) is 14.4 Å². The molecule has 32 heavy (non-hydrogen) atoms. The number of carbonyl (C=O) groups excluding carboxylic acids is 1. The molecule has 0 aliphatic heterocycles. The molecule has 1 aromatic carbocycles. The zero-order valence-corrected chi connectivity index (χ0v) is 18.9. The van der Waals surface area contributed by atoms with E-state index in [0.717, 1.165) is 54.5 Å². The number of hydrogen-bond donors (Lipinski definition) is 1. The molecule has 1 aliphatic carbocycles. The lowest BCUT2D eigenvalue weighted by Gasteiger charge is -2.21. The Hall–Kier alpha value is -3.03. The fourth-order valence-corrected chi connectivity index (χ4v) is 4.37. The smallest absolute Gasteiger partial charge is 0.224 e. The molecule has 0 radical (unpaired) electrons. The van der Waals surface area contributed by atoms with Crippen LogP contribution in [0.25, 0.3) is 11.1 Å². The summed E-state index contributed by atoms with van der Waals surface area (Å²) in [5.74, 6) is 0.313. The van der Waals surface area contributed by atoms with Gasteiger partial charge in [0.2, 0.25) is 5.88 Å². The molecule has 1 aliphatic rings. The molecule has 2 heterocycles. The standard InChI is InChI=1S/C25H30N4O3/c1-17-21(15-29(3)27-17)19-9-7-18(8-10-19)13-28(2)14-20-11-12-26-25(22(20)16-30)32-24-6-4-5-23(24)31/h7-12,15-16,23-24,31H,4-6,13-14H2,1-3H3/t23-,24?/m0/s1. The van der Waals surface area contributed by atoms with Crippen LogP contribution in [-0.2, 0) is 20.1 Å². The van der Waals surface area contributed by atoms with Crippen molar-refractivity contribution in [3.05, 3.63) is 65.1 Å². The van der Waals surface area contributed by atoms with Gasteiger partial charge in [0.15, 0.2) is 6.29 Å². The van der Waals surface area contributed by atoms with Gasteiger partial charge in [-0.1, -0.05) is 24.3 Å². The molecule has 4 rings (SSSR count). The zero-order valence-electron chi connectivity index (χ0n) is 18.9. The average molecular weight is 435 g/mol. The van der Waals surface area contributed by atoms with Crippen molar-refractivity contribution in [3.63, 3.8) is 0 Å². The molecule has 2 aromatic heterocycles. The highest BCUT2D eigenvalue weighted by Gasteiger charge is 2.28. The number of benzene rings is 1. The lowest BCUT2D eigenvalue weighted by atomic mass is 10.0. The first-order valence-electron chi connectivity index (χ1n) is 11.0. The monoisotopic (exact) mass is 434 g/mol. The van der Waals surface area contributed by atoms with Gasteiger partial charge < -0.3 is 9.84 Å². The van der Waals surface area contributed by atoms with Crippen molar-refractivity contribution in [2.75, 3.05) is 7.05 Å². The number of aldehydes is 1. The van der Waals surface area contributed by atoms with E-state index in [1.807, 2.05) is 38.0 Å². The molecular weight excluding hydrogens is 404 g/mol. The maximum Gasteiger partial charge on any atom is 0.224 e. The lowest BCUT2D eigenvalue weighted by molar-refractivity contribution is 0.0565. The van der Waals surface area contributed by atoms with Gasteiger partial charge in [0.05, 0.1) is 17.4 Å². The summed E-state index contributed by atoms with van der Waals surface area (Å²) in [7, 11) is 3.95. The second-order valence-electron chi connectivity index (χ2n) is 8.63. The number of hydrogen-bond acceptors (Lipinski definition) is 6. The molecule has 7 nitrogen and oxygen atoms in total. The third kappa shape index (κ3) is 4.89. The van der Waals surface area contributed by atoms with Crippen LogP contribution in [0.1, 0.15) is 46.4 Å². The van der Waals surface area contributed by atoms with Crippen molar-refractivity contribution in [1.29, 1.82) is 0 Å². The first-order chi connectivity index (χ1) is 15.4. The highest BCUT2D eigenvalue weighted by molar-refractivity contribution is 5.80. The predicted octanol–water partition coefficient (Wildman–Crippen LogP) is 3.53. The first-order valence-corrected chi connectivity index (χ1v) is 11.0. The Morgan fingerprint density at radius 3 is 2.62 bits per heavy atom. The van der Waals surface area contributed by atoms with E-state index in [4.69, 9.17) is 4.74 Å². The molecule has 3 aromatic rings. The Balaban J connectivity index is 1.43. The molecule has 0 saturated heterocycles. The molecule has 7 heteroatoms. The normalized spacial score (nSPS) is 18.3. The summed E-state index contributed by atoms with van der Waals surface area (Å²) in [6.45, 7) is 3.34. The van der Waals surface area contributed by atoms with Crippen molar-refractivity contribution in [1.82, 2.24) is 19.7 Å². The summed E-state index contributed by atoms with van der Waals surface area (Å²) in [6, 6.07) is 10.3. The van der Waals surface area contributed by atoms with Crippen LogP contribution >= 0.6 is 0 Å². The van der Waals surface area contributed by atoms with E-state index >= 15 is 0 Å². The topological polar surface area (TPSA) is 80.5 Å². The number of pyridine rings is 1. The highest BCUT2D eigenvalue weighted by atomic mass is 16.5. The number of carbonyl (C=O) groups is 1. The van der Waals surface area contributed by atoms with E-state index in [1.54, 1.807) is 6.20 Å². The zero-order chi connectivity index (χ0) is 22.7. The third-order valence-electron chi connectivity index (χ3n) is 6.01. The van der Waals surface area contributed by atoms with Gasteiger partial charge in [0.1, 0.15) is 6.10 Å². The van der Waals surface area contributed by atoms with Gasteiger partial charge in [-0.05, 0) is 56.0 Å². The predicted molar refractivity (Wildman–Crippen MR) is 122 cm³/mol. The van der Waals surface area contributed by atoms with Crippen LogP contribution in [0.5, 0.6) is 5.88 Å². The first kappa shape index (κ1) is 22.2. The number of rotatable bonds is 8. The van der Waals surface area contributed by atoms with Crippen LogP contribution < -0.4 is 4.74 Å². The quantitative estimate of drug-likeness (QED) is 0.547. The van der Waals surface area contributed by atoms with Crippen LogP contribution in [0.3, 0.4) is 0 Å². The molecule has 0 bridgehead atoms. The van der Waals surface area contributed by atoms with Gasteiger partial charge in [0.25, 0.3) is 0 Å². The summed E-state index contributed by atoms with van der Waals surface area (Å²) < 4.78 is 7.73. The van der Waals surface area contributed by atoms with Gasteiger partial charge in [0, 0.05) is 38.1 Å². The number of aryl methyl sites for hydroxylation is 2. The summed E-state index contributed by atoms with van der Waals surface area (Å²) in [5.41, 5.74) is 5.81. The molecule has 1 saturated carbocycles. The maximum absolute atomic E-state index is 11.8. The SMILES string of the molecule is Cc1nn(C)cc1-c1ccc(CN(C)Cc2ccnc(OC3CCC[C@@H]3O)c2C=O)cc1. The number of aromatic nitrogens is 3. The van der Waals surface area contributed by atoms with Crippen molar-refractivity contribution in [3.8, 4) is 17.0 Å². The molecular formula is C25H30N4O3. The minimum absolute atomic E-state index is 0.295. The van der Waals surface area contributed by atoms with Crippen molar-refractivity contribution in [2.24, 2.45) is 7.05 Å². The third-order valence-corrected chi connectivity index (χ3v) is 6.01. The molecule has 0 spiro atoms. The Labute approximate surface area is 188 Å². The highest BCUT2D eigenvalue weighted by Crippen LogP contribution is 2.27. The number of ether oxygens (including phenoxy) is 1. The van der Waals surface area contributed by atoms with Crippen LogP contribution in [0.15, 0.2) is 42.7 Å². The van der Waals surface area contributed by atoms with E-state index in [2.05, 4.69) is 39.2 Å².